The third-order valence-corrected chi connectivity index (χ3v) is 3.77. The molecule has 0 bridgehead atoms. The predicted molar refractivity (Wildman–Crippen MR) is 101 cm³/mol. The fraction of sp³-hybridized carbons (Fsp3) is 0.227. The molecule has 3 heteroatoms. The number of nitrogens with zero attached hydrogens (tertiary/aromatic N) is 1. The lowest BCUT2D eigenvalue weighted by Crippen LogP contribution is -2.07. The molecule has 0 radical (unpaired) electrons. The van der Waals surface area contributed by atoms with Gasteiger partial charge in [0.05, 0.1) is 18.2 Å². The van der Waals surface area contributed by atoms with Crippen molar-refractivity contribution in [2.24, 2.45) is 0 Å². The number of hydrogen-bond donors (Lipinski definition) is 0. The summed E-state index contributed by atoms with van der Waals surface area (Å²) < 4.78 is 11.2. The molecule has 3 nitrogen and oxygen atoms in total. The van der Waals surface area contributed by atoms with Gasteiger partial charge < -0.3 is 9.47 Å². The average Bonchev–Trinajstić information content (AvgIpc) is 2.67. The van der Waals surface area contributed by atoms with Crippen LogP contribution in [0.3, 0.4) is 0 Å². The highest BCUT2D eigenvalue weighted by Crippen LogP contribution is 2.22. The van der Waals surface area contributed by atoms with Gasteiger partial charge >= 0.3 is 0 Å². The molecule has 0 atom stereocenters. The lowest BCUT2D eigenvalue weighted by molar-refractivity contribution is 0.0986. The van der Waals surface area contributed by atoms with E-state index in [0.29, 0.717) is 25.4 Å². The Bertz CT molecular complexity index is 724. The molecule has 0 spiro atoms. The van der Waals surface area contributed by atoms with Crippen LogP contribution in [0.5, 0.6) is 5.75 Å². The summed E-state index contributed by atoms with van der Waals surface area (Å²) in [5, 5.41) is 8.84. The standard InChI is InChI=1S/C22H23NO2/c1-3-18(2)5-4-14-24-15-16-25-22-12-10-21(11-13-22)20-8-6-19(17-23)7-9-20/h3,6-13H,1-2,4-5,14-16H2. The number of nitriles is 1. The van der Waals surface area contributed by atoms with Gasteiger partial charge in [0, 0.05) is 6.61 Å². The van der Waals surface area contributed by atoms with Gasteiger partial charge in [0.15, 0.2) is 0 Å². The molecule has 2 rings (SSSR count). The summed E-state index contributed by atoms with van der Waals surface area (Å²) in [5.41, 5.74) is 3.88. The van der Waals surface area contributed by atoms with E-state index in [-0.39, 0.29) is 0 Å². The SMILES string of the molecule is C=CC(=C)CCCOCCOc1ccc(-c2ccc(C#N)cc2)cc1. The van der Waals surface area contributed by atoms with Crippen LogP contribution in [0.1, 0.15) is 18.4 Å². The van der Waals surface area contributed by atoms with E-state index in [4.69, 9.17) is 14.7 Å². The smallest absolute Gasteiger partial charge is 0.119 e. The molecule has 0 saturated heterocycles. The Labute approximate surface area is 149 Å². The minimum absolute atomic E-state index is 0.526. The largest absolute Gasteiger partial charge is 0.491 e. The van der Waals surface area contributed by atoms with Crippen LogP contribution in [0.4, 0.5) is 0 Å². The van der Waals surface area contributed by atoms with Gasteiger partial charge in [0.1, 0.15) is 12.4 Å². The molecule has 0 aliphatic rings. The summed E-state index contributed by atoms with van der Waals surface area (Å²) in [6, 6.07) is 17.6. The molecule has 0 heterocycles. The Kier molecular flexibility index (Phi) is 7.49. The maximum Gasteiger partial charge on any atom is 0.119 e. The minimum atomic E-state index is 0.526. The van der Waals surface area contributed by atoms with Crippen LogP contribution in [-0.4, -0.2) is 19.8 Å². The Morgan fingerprint density at radius 3 is 2.20 bits per heavy atom. The van der Waals surface area contributed by atoms with Crippen LogP contribution in [0, 0.1) is 11.3 Å². The van der Waals surface area contributed by atoms with Crippen molar-refractivity contribution in [3.8, 4) is 22.9 Å². The van der Waals surface area contributed by atoms with Gasteiger partial charge in [-0.25, -0.2) is 0 Å². The third-order valence-electron chi connectivity index (χ3n) is 3.77. The van der Waals surface area contributed by atoms with Gasteiger partial charge in [0.25, 0.3) is 0 Å². The second-order valence-electron chi connectivity index (χ2n) is 5.64. The van der Waals surface area contributed by atoms with E-state index in [1.54, 1.807) is 6.08 Å². The van der Waals surface area contributed by atoms with Crippen LogP contribution in [0.25, 0.3) is 11.1 Å². The highest BCUT2D eigenvalue weighted by molar-refractivity contribution is 5.64. The predicted octanol–water partition coefficient (Wildman–Crippen LogP) is 5.14. The Hall–Kier alpha value is -2.83. The van der Waals surface area contributed by atoms with Crippen LogP contribution in [0.2, 0.25) is 0 Å². The van der Waals surface area contributed by atoms with Gasteiger partial charge in [-0.15, -0.1) is 0 Å². The molecule has 0 unspecified atom stereocenters. The number of benzene rings is 2. The van der Waals surface area contributed by atoms with Crippen LogP contribution in [0.15, 0.2) is 73.3 Å². The number of hydrogen-bond acceptors (Lipinski definition) is 3. The molecule has 0 amide bonds. The highest BCUT2D eigenvalue weighted by Gasteiger charge is 2.00. The van der Waals surface area contributed by atoms with E-state index in [0.717, 1.165) is 35.3 Å². The highest BCUT2D eigenvalue weighted by atomic mass is 16.5. The molecule has 0 N–H and O–H groups in total. The van der Waals surface area contributed by atoms with Gasteiger partial charge in [-0.1, -0.05) is 49.1 Å². The molecule has 25 heavy (non-hydrogen) atoms. The Morgan fingerprint density at radius 2 is 1.60 bits per heavy atom. The zero-order chi connectivity index (χ0) is 17.9. The number of allylic oxidation sites excluding steroid dienone is 2. The normalized spacial score (nSPS) is 10.0. The first-order valence-corrected chi connectivity index (χ1v) is 8.34. The fourth-order valence-corrected chi connectivity index (χ4v) is 2.30. The molecule has 0 fully saturated rings. The molecule has 0 aromatic heterocycles. The van der Waals surface area contributed by atoms with E-state index in [9.17, 15) is 0 Å². The molecule has 0 aliphatic carbocycles. The molecule has 2 aromatic carbocycles. The van der Waals surface area contributed by atoms with Crippen molar-refractivity contribution < 1.29 is 9.47 Å². The molecule has 0 aliphatic heterocycles. The summed E-state index contributed by atoms with van der Waals surface area (Å²) in [5.74, 6) is 0.820. The van der Waals surface area contributed by atoms with E-state index >= 15 is 0 Å². The first-order valence-electron chi connectivity index (χ1n) is 8.34. The fourth-order valence-electron chi connectivity index (χ4n) is 2.30. The topological polar surface area (TPSA) is 42.2 Å². The molecule has 0 saturated carbocycles. The first-order chi connectivity index (χ1) is 12.2. The lowest BCUT2D eigenvalue weighted by Gasteiger charge is -2.08. The maximum absolute atomic E-state index is 8.84. The summed E-state index contributed by atoms with van der Waals surface area (Å²) in [6.45, 7) is 9.35. The zero-order valence-corrected chi connectivity index (χ0v) is 14.4. The number of ether oxygens (including phenoxy) is 2. The van der Waals surface area contributed by atoms with Crippen molar-refractivity contribution >= 4 is 0 Å². The Morgan fingerprint density at radius 1 is 0.960 bits per heavy atom. The average molecular weight is 333 g/mol. The van der Waals surface area contributed by atoms with Crippen molar-refractivity contribution in [1.82, 2.24) is 0 Å². The lowest BCUT2D eigenvalue weighted by atomic mass is 10.0. The van der Waals surface area contributed by atoms with Gasteiger partial charge in [-0.05, 0) is 48.2 Å². The van der Waals surface area contributed by atoms with Crippen LogP contribution in [-0.2, 0) is 4.74 Å². The minimum Gasteiger partial charge on any atom is -0.491 e. The van der Waals surface area contributed by atoms with Crippen LogP contribution >= 0.6 is 0 Å². The van der Waals surface area contributed by atoms with Gasteiger partial charge in [-0.3, -0.25) is 0 Å². The van der Waals surface area contributed by atoms with Crippen molar-refractivity contribution in [2.45, 2.75) is 12.8 Å². The molecule has 2 aromatic rings. The van der Waals surface area contributed by atoms with Crippen LogP contribution < -0.4 is 4.74 Å². The second kappa shape index (κ2) is 10.1. The van der Waals surface area contributed by atoms with Crippen molar-refractivity contribution in [2.75, 3.05) is 19.8 Å². The Balaban J connectivity index is 1.70. The molecular formula is C22H23NO2. The first kappa shape index (κ1) is 18.5. The van der Waals surface area contributed by atoms with Crippen molar-refractivity contribution in [1.29, 1.82) is 5.26 Å². The van der Waals surface area contributed by atoms with Crippen molar-refractivity contribution in [3.05, 3.63) is 78.9 Å². The van der Waals surface area contributed by atoms with E-state index < -0.39 is 0 Å². The zero-order valence-electron chi connectivity index (χ0n) is 14.4. The molecule has 128 valence electrons. The molecular weight excluding hydrogens is 310 g/mol. The summed E-state index contributed by atoms with van der Waals surface area (Å²) in [7, 11) is 0. The summed E-state index contributed by atoms with van der Waals surface area (Å²) >= 11 is 0. The maximum atomic E-state index is 8.84. The van der Waals surface area contributed by atoms with E-state index in [2.05, 4.69) is 19.2 Å². The monoisotopic (exact) mass is 333 g/mol. The van der Waals surface area contributed by atoms with E-state index in [1.807, 2.05) is 48.5 Å². The summed E-state index contributed by atoms with van der Waals surface area (Å²) in [6.07, 6.45) is 3.65. The van der Waals surface area contributed by atoms with Crippen molar-refractivity contribution in [3.63, 3.8) is 0 Å². The quantitative estimate of drug-likeness (QED) is 0.446. The van der Waals surface area contributed by atoms with Gasteiger partial charge in [-0.2, -0.15) is 5.26 Å². The summed E-state index contributed by atoms with van der Waals surface area (Å²) in [4.78, 5) is 0. The van der Waals surface area contributed by atoms with Gasteiger partial charge in [0.2, 0.25) is 0 Å². The second-order valence-corrected chi connectivity index (χ2v) is 5.64. The third kappa shape index (κ3) is 6.29. The number of rotatable bonds is 10. The van der Waals surface area contributed by atoms with E-state index in [1.165, 1.54) is 0 Å².